The molecular weight excluding hydrogens is 212 g/mol. The molecule has 0 fully saturated rings. The van der Waals surface area contributed by atoms with E-state index in [1.807, 2.05) is 24.3 Å². The molecule has 0 atom stereocenters. The summed E-state index contributed by atoms with van der Waals surface area (Å²) in [5.41, 5.74) is 1.64. The van der Waals surface area contributed by atoms with E-state index in [1.165, 1.54) is 12.8 Å². The van der Waals surface area contributed by atoms with Crippen LogP contribution < -0.4 is 0 Å². The van der Waals surface area contributed by atoms with Crippen LogP contribution in [0, 0.1) is 0 Å². The number of rotatable bonds is 6. The van der Waals surface area contributed by atoms with Gasteiger partial charge >= 0.3 is 0 Å². The molecule has 2 aromatic rings. The second kappa shape index (κ2) is 5.67. The maximum absolute atomic E-state index is 11.9. The highest BCUT2D eigenvalue weighted by Crippen LogP contribution is 2.18. The summed E-state index contributed by atoms with van der Waals surface area (Å²) in [5.74, 6) is 0.240. The number of unbranched alkanes of at least 4 members (excludes halogenated alkanes) is 3. The van der Waals surface area contributed by atoms with E-state index in [1.54, 1.807) is 6.26 Å². The Hall–Kier alpha value is -1.57. The van der Waals surface area contributed by atoms with Crippen molar-refractivity contribution >= 4 is 16.8 Å². The van der Waals surface area contributed by atoms with E-state index in [2.05, 4.69) is 6.92 Å². The van der Waals surface area contributed by atoms with Crippen molar-refractivity contribution in [1.82, 2.24) is 0 Å². The van der Waals surface area contributed by atoms with Gasteiger partial charge in [0, 0.05) is 17.4 Å². The first kappa shape index (κ1) is 11.9. The van der Waals surface area contributed by atoms with Gasteiger partial charge in [-0.3, -0.25) is 4.79 Å². The predicted molar refractivity (Wildman–Crippen MR) is 69.3 cm³/mol. The minimum Gasteiger partial charge on any atom is -0.464 e. The minimum atomic E-state index is 0.240. The molecule has 0 aliphatic heterocycles. The first-order valence-electron chi connectivity index (χ1n) is 6.31. The van der Waals surface area contributed by atoms with Gasteiger partial charge < -0.3 is 4.42 Å². The van der Waals surface area contributed by atoms with Crippen molar-refractivity contribution in [2.24, 2.45) is 0 Å². The molecule has 2 rings (SSSR count). The highest BCUT2D eigenvalue weighted by molar-refractivity contribution is 5.99. The van der Waals surface area contributed by atoms with Gasteiger partial charge in [0.05, 0.1) is 6.26 Å². The third-order valence-electron chi connectivity index (χ3n) is 3.03. The molecule has 1 aromatic carbocycles. The molecule has 17 heavy (non-hydrogen) atoms. The van der Waals surface area contributed by atoms with E-state index < -0.39 is 0 Å². The highest BCUT2D eigenvalue weighted by atomic mass is 16.3. The summed E-state index contributed by atoms with van der Waals surface area (Å²) in [4.78, 5) is 11.9. The van der Waals surface area contributed by atoms with Crippen LogP contribution in [0.15, 0.2) is 34.9 Å². The van der Waals surface area contributed by atoms with Gasteiger partial charge in [0.1, 0.15) is 5.58 Å². The van der Waals surface area contributed by atoms with Crippen LogP contribution in [0.2, 0.25) is 0 Å². The zero-order valence-corrected chi connectivity index (χ0v) is 10.2. The second-order valence-electron chi connectivity index (χ2n) is 4.41. The van der Waals surface area contributed by atoms with Gasteiger partial charge in [-0.25, -0.2) is 0 Å². The summed E-state index contributed by atoms with van der Waals surface area (Å²) in [6.45, 7) is 2.18. The van der Waals surface area contributed by atoms with E-state index in [0.717, 1.165) is 29.4 Å². The van der Waals surface area contributed by atoms with Gasteiger partial charge in [0.15, 0.2) is 5.78 Å². The molecule has 1 heterocycles. The summed E-state index contributed by atoms with van der Waals surface area (Å²) in [7, 11) is 0. The third-order valence-corrected chi connectivity index (χ3v) is 3.03. The Bertz CT molecular complexity index is 496. The lowest BCUT2D eigenvalue weighted by Gasteiger charge is -2.01. The molecule has 2 nitrogen and oxygen atoms in total. The van der Waals surface area contributed by atoms with Crippen molar-refractivity contribution in [2.75, 3.05) is 0 Å². The van der Waals surface area contributed by atoms with Gasteiger partial charge in [0.25, 0.3) is 0 Å². The molecule has 90 valence electrons. The number of carbonyl (C=O) groups excluding carboxylic acids is 1. The quantitative estimate of drug-likeness (QED) is 0.537. The molecule has 0 spiro atoms. The molecule has 0 aliphatic rings. The number of fused-ring (bicyclic) bond motifs is 1. The molecule has 0 aliphatic carbocycles. The number of Topliss-reactive ketones (excluding diaryl/α,β-unsaturated/α-hetero) is 1. The molecule has 0 bridgehead atoms. The average Bonchev–Trinajstić information content (AvgIpc) is 2.81. The molecule has 0 saturated heterocycles. The Morgan fingerprint density at radius 1 is 1.18 bits per heavy atom. The molecule has 0 radical (unpaired) electrons. The Labute approximate surface area is 102 Å². The van der Waals surface area contributed by atoms with E-state index in [4.69, 9.17) is 4.42 Å². The summed E-state index contributed by atoms with van der Waals surface area (Å²) >= 11 is 0. The molecular formula is C15H18O2. The van der Waals surface area contributed by atoms with Crippen molar-refractivity contribution in [2.45, 2.75) is 39.0 Å². The Kier molecular flexibility index (Phi) is 3.97. The van der Waals surface area contributed by atoms with Gasteiger partial charge in [-0.2, -0.15) is 0 Å². The largest absolute Gasteiger partial charge is 0.464 e. The molecule has 1 aromatic heterocycles. The second-order valence-corrected chi connectivity index (χ2v) is 4.41. The number of carbonyl (C=O) groups is 1. The zero-order valence-electron chi connectivity index (χ0n) is 10.2. The summed E-state index contributed by atoms with van der Waals surface area (Å²) in [6.07, 6.45) is 6.87. The van der Waals surface area contributed by atoms with E-state index in [0.29, 0.717) is 6.42 Å². The Morgan fingerprint density at radius 3 is 2.88 bits per heavy atom. The van der Waals surface area contributed by atoms with Crippen LogP contribution in [0.4, 0.5) is 0 Å². The fraction of sp³-hybridized carbons (Fsp3) is 0.400. The summed E-state index contributed by atoms with van der Waals surface area (Å²) in [6, 6.07) is 7.53. The van der Waals surface area contributed by atoms with Crippen molar-refractivity contribution < 1.29 is 9.21 Å². The van der Waals surface area contributed by atoms with E-state index in [-0.39, 0.29) is 5.78 Å². The minimum absolute atomic E-state index is 0.240. The molecule has 0 unspecified atom stereocenters. The lowest BCUT2D eigenvalue weighted by molar-refractivity contribution is 0.0979. The third kappa shape index (κ3) is 2.96. The van der Waals surface area contributed by atoms with E-state index >= 15 is 0 Å². The average molecular weight is 230 g/mol. The van der Waals surface area contributed by atoms with Gasteiger partial charge in [-0.15, -0.1) is 0 Å². The SMILES string of the molecule is CCCCCCC(=O)c1ccc2occc2c1. The molecule has 0 saturated carbocycles. The van der Waals surface area contributed by atoms with Gasteiger partial charge in [-0.1, -0.05) is 26.2 Å². The van der Waals surface area contributed by atoms with Crippen LogP contribution in [0.25, 0.3) is 11.0 Å². The number of ketones is 1. The number of hydrogen-bond donors (Lipinski definition) is 0. The number of hydrogen-bond acceptors (Lipinski definition) is 2. The Balaban J connectivity index is 1.98. The fourth-order valence-corrected chi connectivity index (χ4v) is 2.00. The highest BCUT2D eigenvalue weighted by Gasteiger charge is 2.07. The lowest BCUT2D eigenvalue weighted by atomic mass is 10.0. The molecule has 0 amide bonds. The normalized spacial score (nSPS) is 10.9. The maximum atomic E-state index is 11.9. The molecule has 2 heteroatoms. The van der Waals surface area contributed by atoms with Crippen molar-refractivity contribution in [1.29, 1.82) is 0 Å². The topological polar surface area (TPSA) is 30.2 Å². The monoisotopic (exact) mass is 230 g/mol. The standard InChI is InChI=1S/C15H18O2/c1-2-3-4-5-6-14(16)12-7-8-15-13(11-12)9-10-17-15/h7-11H,2-6H2,1H3. The van der Waals surface area contributed by atoms with Crippen LogP contribution in [0.5, 0.6) is 0 Å². The van der Waals surface area contributed by atoms with Gasteiger partial charge in [-0.05, 0) is 30.7 Å². The number of furan rings is 1. The lowest BCUT2D eigenvalue weighted by Crippen LogP contribution is -1.98. The van der Waals surface area contributed by atoms with Crippen LogP contribution in [0.1, 0.15) is 49.4 Å². The van der Waals surface area contributed by atoms with E-state index in [9.17, 15) is 4.79 Å². The molecule has 0 N–H and O–H groups in total. The summed E-state index contributed by atoms with van der Waals surface area (Å²) < 4.78 is 5.25. The van der Waals surface area contributed by atoms with Crippen molar-refractivity contribution in [3.63, 3.8) is 0 Å². The Morgan fingerprint density at radius 2 is 2.06 bits per heavy atom. The van der Waals surface area contributed by atoms with Crippen LogP contribution in [-0.2, 0) is 0 Å². The van der Waals surface area contributed by atoms with Gasteiger partial charge in [0.2, 0.25) is 0 Å². The number of benzene rings is 1. The van der Waals surface area contributed by atoms with Crippen LogP contribution in [0.3, 0.4) is 0 Å². The van der Waals surface area contributed by atoms with Crippen LogP contribution in [-0.4, -0.2) is 5.78 Å². The van der Waals surface area contributed by atoms with Crippen LogP contribution >= 0.6 is 0 Å². The van der Waals surface area contributed by atoms with Crippen molar-refractivity contribution in [3.05, 3.63) is 36.1 Å². The fourth-order valence-electron chi connectivity index (χ4n) is 2.00. The van der Waals surface area contributed by atoms with Crippen molar-refractivity contribution in [3.8, 4) is 0 Å². The zero-order chi connectivity index (χ0) is 12.1. The first-order chi connectivity index (χ1) is 8.31. The smallest absolute Gasteiger partial charge is 0.162 e. The first-order valence-corrected chi connectivity index (χ1v) is 6.31. The predicted octanol–water partition coefficient (Wildman–Crippen LogP) is 4.59. The maximum Gasteiger partial charge on any atom is 0.162 e. The summed E-state index contributed by atoms with van der Waals surface area (Å²) in [5, 5.41) is 1.00.